The lowest BCUT2D eigenvalue weighted by molar-refractivity contribution is 0.297. The maximum Gasteiger partial charge on any atom is 0.224 e. The number of hydrogen-bond acceptors (Lipinski definition) is 7. The van der Waals surface area contributed by atoms with E-state index >= 15 is 0 Å². The maximum atomic E-state index is 5.68. The Morgan fingerprint density at radius 3 is 2.76 bits per heavy atom. The van der Waals surface area contributed by atoms with Crippen LogP contribution in [0.1, 0.15) is 17.8 Å². The van der Waals surface area contributed by atoms with E-state index in [4.69, 9.17) is 15.2 Å². The predicted molar refractivity (Wildman–Crippen MR) is 80.6 cm³/mol. The van der Waals surface area contributed by atoms with Gasteiger partial charge in [0.05, 0.1) is 13.2 Å². The van der Waals surface area contributed by atoms with E-state index in [1.165, 1.54) is 11.8 Å². The molecule has 1 aromatic heterocycles. The standard InChI is InChI=1S/C14H16N4O2S/c1-9-16-13(15)18-14(17-9)21-8-10-3-4-11-12(7-10)20-6-2-5-19-11/h3-4,7H,2,5-6,8H2,1H3,(H2,15,16,17,18). The molecule has 1 aromatic carbocycles. The van der Waals surface area contributed by atoms with Gasteiger partial charge in [0.15, 0.2) is 16.7 Å². The van der Waals surface area contributed by atoms with E-state index in [2.05, 4.69) is 15.0 Å². The Morgan fingerprint density at radius 2 is 1.95 bits per heavy atom. The summed E-state index contributed by atoms with van der Waals surface area (Å²) in [6.45, 7) is 3.19. The van der Waals surface area contributed by atoms with Gasteiger partial charge in [0.1, 0.15) is 5.82 Å². The van der Waals surface area contributed by atoms with Crippen molar-refractivity contribution in [1.29, 1.82) is 0 Å². The summed E-state index contributed by atoms with van der Waals surface area (Å²) >= 11 is 1.52. The molecule has 0 bridgehead atoms. The second-order valence-electron chi connectivity index (χ2n) is 4.64. The molecule has 0 atom stereocenters. The Kier molecular flexibility index (Phi) is 4.10. The largest absolute Gasteiger partial charge is 0.490 e. The zero-order chi connectivity index (χ0) is 14.7. The van der Waals surface area contributed by atoms with E-state index < -0.39 is 0 Å². The molecule has 0 aliphatic carbocycles. The fraction of sp³-hybridized carbons (Fsp3) is 0.357. The third kappa shape index (κ3) is 3.55. The first-order valence-corrected chi connectivity index (χ1v) is 7.69. The van der Waals surface area contributed by atoms with Crippen LogP contribution in [0.15, 0.2) is 23.4 Å². The molecule has 0 radical (unpaired) electrons. The van der Waals surface area contributed by atoms with Gasteiger partial charge < -0.3 is 15.2 Å². The number of nitrogen functional groups attached to an aromatic ring is 1. The normalized spacial score (nSPS) is 13.8. The molecule has 2 aromatic rings. The number of thioether (sulfide) groups is 1. The molecule has 6 nitrogen and oxygen atoms in total. The molecule has 0 saturated carbocycles. The van der Waals surface area contributed by atoms with Crippen molar-refractivity contribution in [2.24, 2.45) is 0 Å². The number of nitrogens with two attached hydrogens (primary N) is 1. The number of aromatic nitrogens is 3. The van der Waals surface area contributed by atoms with Crippen molar-refractivity contribution in [3.05, 3.63) is 29.6 Å². The minimum absolute atomic E-state index is 0.253. The van der Waals surface area contributed by atoms with Crippen LogP contribution < -0.4 is 15.2 Å². The highest BCUT2D eigenvalue weighted by atomic mass is 32.2. The molecule has 1 aliphatic rings. The summed E-state index contributed by atoms with van der Waals surface area (Å²) in [5, 5.41) is 0.632. The van der Waals surface area contributed by atoms with Crippen LogP contribution in [-0.4, -0.2) is 28.2 Å². The molecule has 3 rings (SSSR count). The van der Waals surface area contributed by atoms with Gasteiger partial charge >= 0.3 is 0 Å². The Morgan fingerprint density at radius 1 is 1.14 bits per heavy atom. The Balaban J connectivity index is 1.71. The Bertz CT molecular complexity index is 631. The zero-order valence-electron chi connectivity index (χ0n) is 11.7. The summed E-state index contributed by atoms with van der Waals surface area (Å²) in [5.74, 6) is 3.23. The van der Waals surface area contributed by atoms with E-state index in [-0.39, 0.29) is 5.95 Å². The fourth-order valence-electron chi connectivity index (χ4n) is 1.99. The van der Waals surface area contributed by atoms with Gasteiger partial charge in [-0.3, -0.25) is 0 Å². The third-order valence-electron chi connectivity index (χ3n) is 2.92. The van der Waals surface area contributed by atoms with Crippen molar-refractivity contribution in [2.75, 3.05) is 18.9 Å². The maximum absolute atomic E-state index is 5.68. The summed E-state index contributed by atoms with van der Waals surface area (Å²) in [7, 11) is 0. The number of hydrogen-bond donors (Lipinski definition) is 1. The number of benzene rings is 1. The summed E-state index contributed by atoms with van der Waals surface area (Å²) < 4.78 is 11.3. The van der Waals surface area contributed by atoms with Crippen LogP contribution in [0, 0.1) is 6.92 Å². The predicted octanol–water partition coefficient (Wildman–Crippen LogP) is 2.22. The van der Waals surface area contributed by atoms with Crippen LogP contribution in [0.2, 0.25) is 0 Å². The zero-order valence-corrected chi connectivity index (χ0v) is 12.5. The molecule has 7 heteroatoms. The van der Waals surface area contributed by atoms with E-state index in [1.807, 2.05) is 18.2 Å². The molecule has 1 aliphatic heterocycles. The summed E-state index contributed by atoms with van der Waals surface area (Å²) in [5.41, 5.74) is 6.75. The highest BCUT2D eigenvalue weighted by Crippen LogP contribution is 2.32. The third-order valence-corrected chi connectivity index (χ3v) is 3.84. The van der Waals surface area contributed by atoms with Crippen molar-refractivity contribution in [1.82, 2.24) is 15.0 Å². The molecule has 110 valence electrons. The SMILES string of the molecule is Cc1nc(N)nc(SCc2ccc3c(c2)OCCCO3)n1. The molecular weight excluding hydrogens is 288 g/mol. The van der Waals surface area contributed by atoms with Crippen LogP contribution in [-0.2, 0) is 5.75 Å². The average Bonchev–Trinajstić information content (AvgIpc) is 2.68. The fourth-order valence-corrected chi connectivity index (χ4v) is 2.82. The average molecular weight is 304 g/mol. The quantitative estimate of drug-likeness (QED) is 0.870. The molecule has 0 saturated heterocycles. The first-order chi connectivity index (χ1) is 10.2. The summed E-state index contributed by atoms with van der Waals surface area (Å²) in [6, 6.07) is 5.98. The van der Waals surface area contributed by atoms with Crippen LogP contribution in [0.4, 0.5) is 5.95 Å². The number of fused-ring (bicyclic) bond motifs is 1. The number of rotatable bonds is 3. The molecule has 21 heavy (non-hydrogen) atoms. The number of ether oxygens (including phenoxy) is 2. The van der Waals surface area contributed by atoms with Gasteiger partial charge in [0.25, 0.3) is 0 Å². The van der Waals surface area contributed by atoms with Gasteiger partial charge in [-0.2, -0.15) is 9.97 Å². The summed E-state index contributed by atoms with van der Waals surface area (Å²) in [4.78, 5) is 12.3. The van der Waals surface area contributed by atoms with Crippen molar-refractivity contribution >= 4 is 17.7 Å². The van der Waals surface area contributed by atoms with Crippen molar-refractivity contribution in [3.63, 3.8) is 0 Å². The van der Waals surface area contributed by atoms with E-state index in [1.54, 1.807) is 6.92 Å². The van der Waals surface area contributed by atoms with Crippen molar-refractivity contribution in [3.8, 4) is 11.5 Å². The van der Waals surface area contributed by atoms with Gasteiger partial charge in [0.2, 0.25) is 5.95 Å². The smallest absolute Gasteiger partial charge is 0.224 e. The Hall–Kier alpha value is -2.02. The second kappa shape index (κ2) is 6.17. The van der Waals surface area contributed by atoms with Gasteiger partial charge in [0, 0.05) is 12.2 Å². The van der Waals surface area contributed by atoms with Crippen LogP contribution >= 0.6 is 11.8 Å². The van der Waals surface area contributed by atoms with Gasteiger partial charge in [-0.05, 0) is 24.6 Å². The van der Waals surface area contributed by atoms with Crippen molar-refractivity contribution < 1.29 is 9.47 Å². The van der Waals surface area contributed by atoms with Gasteiger partial charge in [-0.25, -0.2) is 4.98 Å². The lowest BCUT2D eigenvalue weighted by atomic mass is 10.2. The van der Waals surface area contributed by atoms with Crippen LogP contribution in [0.5, 0.6) is 11.5 Å². The van der Waals surface area contributed by atoms with Crippen LogP contribution in [0.25, 0.3) is 0 Å². The molecule has 2 N–H and O–H groups in total. The molecule has 0 fully saturated rings. The minimum Gasteiger partial charge on any atom is -0.490 e. The number of nitrogens with zero attached hydrogens (tertiary/aromatic N) is 3. The van der Waals surface area contributed by atoms with Gasteiger partial charge in [-0.15, -0.1) is 0 Å². The first kappa shape index (κ1) is 13.9. The minimum atomic E-state index is 0.253. The summed E-state index contributed by atoms with van der Waals surface area (Å²) in [6.07, 6.45) is 0.905. The topological polar surface area (TPSA) is 83.2 Å². The second-order valence-corrected chi connectivity index (χ2v) is 5.59. The van der Waals surface area contributed by atoms with E-state index in [0.717, 1.165) is 29.2 Å². The van der Waals surface area contributed by atoms with E-state index in [0.29, 0.717) is 24.2 Å². The molecule has 2 heterocycles. The molecule has 0 unspecified atom stereocenters. The molecule has 0 spiro atoms. The lowest BCUT2D eigenvalue weighted by Gasteiger charge is -2.09. The first-order valence-electron chi connectivity index (χ1n) is 6.70. The van der Waals surface area contributed by atoms with E-state index in [9.17, 15) is 0 Å². The van der Waals surface area contributed by atoms with Crippen LogP contribution in [0.3, 0.4) is 0 Å². The lowest BCUT2D eigenvalue weighted by Crippen LogP contribution is -2.01. The highest BCUT2D eigenvalue weighted by Gasteiger charge is 2.11. The molecule has 0 amide bonds. The number of aryl methyl sites for hydroxylation is 1. The van der Waals surface area contributed by atoms with Gasteiger partial charge in [-0.1, -0.05) is 17.8 Å². The van der Waals surface area contributed by atoms with Crippen molar-refractivity contribution in [2.45, 2.75) is 24.3 Å². The molecular formula is C14H16N4O2S. The monoisotopic (exact) mass is 304 g/mol. The number of anilines is 1. The highest BCUT2D eigenvalue weighted by molar-refractivity contribution is 7.98. The Labute approximate surface area is 127 Å².